The van der Waals surface area contributed by atoms with Crippen LogP contribution >= 0.6 is 0 Å². The molecule has 0 aromatic rings. The van der Waals surface area contributed by atoms with Crippen LogP contribution in [-0.2, 0) is 0 Å². The smallest absolute Gasteiger partial charge is 0.0980 e. The quantitative estimate of drug-likeness (QED) is 0.745. The second-order valence-electron chi connectivity index (χ2n) is 7.14. The minimum Gasteiger partial charge on any atom is -0.393 e. The van der Waals surface area contributed by atoms with E-state index >= 15 is 0 Å². The van der Waals surface area contributed by atoms with Gasteiger partial charge in [0.15, 0.2) is 0 Å². The van der Waals surface area contributed by atoms with Crippen molar-refractivity contribution in [2.45, 2.75) is 61.0 Å². The standard InChI is InChI=1S/C13H28O2/c1-10(2,3)12(7,8)13(15,9-14)11(4,5)6/h14-15H,9H2,1-8H3. The molecule has 0 bridgehead atoms. The van der Waals surface area contributed by atoms with Crippen LogP contribution in [0.5, 0.6) is 0 Å². The van der Waals surface area contributed by atoms with Crippen molar-refractivity contribution in [1.29, 1.82) is 0 Å². The molecule has 0 saturated heterocycles. The van der Waals surface area contributed by atoms with Crippen LogP contribution in [0.4, 0.5) is 0 Å². The Morgan fingerprint density at radius 2 is 1.07 bits per heavy atom. The Labute approximate surface area is 94.7 Å². The van der Waals surface area contributed by atoms with Gasteiger partial charge in [-0.05, 0) is 10.8 Å². The number of aliphatic hydroxyl groups is 2. The summed E-state index contributed by atoms with van der Waals surface area (Å²) < 4.78 is 0. The van der Waals surface area contributed by atoms with Crippen molar-refractivity contribution in [1.82, 2.24) is 0 Å². The highest BCUT2D eigenvalue weighted by Crippen LogP contribution is 2.52. The summed E-state index contributed by atoms with van der Waals surface area (Å²) in [6, 6.07) is 0. The fourth-order valence-electron chi connectivity index (χ4n) is 1.99. The van der Waals surface area contributed by atoms with Crippen LogP contribution in [0.25, 0.3) is 0 Å². The Morgan fingerprint density at radius 1 is 0.733 bits per heavy atom. The topological polar surface area (TPSA) is 40.5 Å². The average Bonchev–Trinajstić information content (AvgIpc) is 1.98. The molecule has 0 spiro atoms. The van der Waals surface area contributed by atoms with Crippen LogP contribution in [0, 0.1) is 16.2 Å². The molecule has 0 aliphatic rings. The summed E-state index contributed by atoms with van der Waals surface area (Å²) in [7, 11) is 0. The molecule has 0 saturated carbocycles. The lowest BCUT2D eigenvalue weighted by molar-refractivity contribution is -0.203. The summed E-state index contributed by atoms with van der Waals surface area (Å²) in [5, 5.41) is 20.3. The number of rotatable bonds is 2. The average molecular weight is 216 g/mol. The van der Waals surface area contributed by atoms with Gasteiger partial charge in [-0.2, -0.15) is 0 Å². The van der Waals surface area contributed by atoms with Gasteiger partial charge in [0.2, 0.25) is 0 Å². The van der Waals surface area contributed by atoms with Crippen molar-refractivity contribution >= 4 is 0 Å². The predicted molar refractivity (Wildman–Crippen MR) is 64.7 cm³/mol. The zero-order valence-corrected chi connectivity index (χ0v) is 11.6. The van der Waals surface area contributed by atoms with Crippen LogP contribution in [-0.4, -0.2) is 22.4 Å². The molecule has 0 heterocycles. The lowest BCUT2D eigenvalue weighted by Gasteiger charge is -2.56. The van der Waals surface area contributed by atoms with E-state index in [1.165, 1.54) is 0 Å². The van der Waals surface area contributed by atoms with Gasteiger partial charge in [-0.3, -0.25) is 0 Å². The summed E-state index contributed by atoms with van der Waals surface area (Å²) in [4.78, 5) is 0. The van der Waals surface area contributed by atoms with Gasteiger partial charge in [0, 0.05) is 5.41 Å². The summed E-state index contributed by atoms with van der Waals surface area (Å²) in [6.45, 7) is 16.0. The van der Waals surface area contributed by atoms with Crippen molar-refractivity contribution in [3.63, 3.8) is 0 Å². The van der Waals surface area contributed by atoms with Gasteiger partial charge in [0.25, 0.3) is 0 Å². The molecule has 2 N–H and O–H groups in total. The maximum absolute atomic E-state index is 10.8. The minimum absolute atomic E-state index is 0.0717. The van der Waals surface area contributed by atoms with E-state index in [-0.39, 0.29) is 22.9 Å². The summed E-state index contributed by atoms with van der Waals surface area (Å²) in [6.07, 6.45) is 0. The van der Waals surface area contributed by atoms with Crippen LogP contribution < -0.4 is 0 Å². The largest absolute Gasteiger partial charge is 0.393 e. The number of hydrogen-bond acceptors (Lipinski definition) is 2. The van der Waals surface area contributed by atoms with Gasteiger partial charge in [-0.1, -0.05) is 55.4 Å². The van der Waals surface area contributed by atoms with Gasteiger partial charge >= 0.3 is 0 Å². The third kappa shape index (κ3) is 2.21. The van der Waals surface area contributed by atoms with Gasteiger partial charge in [0.1, 0.15) is 0 Å². The molecule has 0 radical (unpaired) electrons. The Hall–Kier alpha value is -0.0800. The molecule has 2 nitrogen and oxygen atoms in total. The molecular weight excluding hydrogens is 188 g/mol. The fraction of sp³-hybridized carbons (Fsp3) is 1.00. The molecule has 0 aromatic heterocycles. The van der Waals surface area contributed by atoms with Crippen molar-refractivity contribution in [3.05, 3.63) is 0 Å². The molecule has 1 atom stereocenters. The molecule has 1 unspecified atom stereocenters. The summed E-state index contributed by atoms with van der Waals surface area (Å²) >= 11 is 0. The van der Waals surface area contributed by atoms with Gasteiger partial charge in [0.05, 0.1) is 12.2 Å². The molecule has 92 valence electrons. The molecule has 0 aliphatic heterocycles. The maximum Gasteiger partial charge on any atom is 0.0980 e. The molecule has 2 heteroatoms. The highest BCUT2D eigenvalue weighted by atomic mass is 16.3. The third-order valence-electron chi connectivity index (χ3n) is 4.38. The van der Waals surface area contributed by atoms with E-state index in [1.807, 2.05) is 34.6 Å². The van der Waals surface area contributed by atoms with Crippen LogP contribution in [0.1, 0.15) is 55.4 Å². The molecule has 0 amide bonds. The zero-order valence-electron chi connectivity index (χ0n) is 11.6. The summed E-state index contributed by atoms with van der Waals surface area (Å²) in [5.41, 5.74) is -1.87. The Morgan fingerprint density at radius 3 is 1.13 bits per heavy atom. The lowest BCUT2D eigenvalue weighted by Crippen LogP contribution is -2.61. The predicted octanol–water partition coefficient (Wildman–Crippen LogP) is 2.83. The van der Waals surface area contributed by atoms with E-state index in [0.29, 0.717) is 0 Å². The fourth-order valence-corrected chi connectivity index (χ4v) is 1.99. The zero-order chi connectivity index (χ0) is 12.7. The third-order valence-corrected chi connectivity index (χ3v) is 4.38. The van der Waals surface area contributed by atoms with Crippen LogP contribution in [0.3, 0.4) is 0 Å². The Bertz CT molecular complexity index is 218. The first kappa shape index (κ1) is 14.9. The summed E-state index contributed by atoms with van der Waals surface area (Å²) in [5.74, 6) is 0. The van der Waals surface area contributed by atoms with Gasteiger partial charge in [-0.25, -0.2) is 0 Å². The van der Waals surface area contributed by atoms with E-state index in [0.717, 1.165) is 0 Å². The first-order valence-corrected chi connectivity index (χ1v) is 5.64. The van der Waals surface area contributed by atoms with Crippen molar-refractivity contribution < 1.29 is 10.2 Å². The normalized spacial score (nSPS) is 18.8. The monoisotopic (exact) mass is 216 g/mol. The van der Waals surface area contributed by atoms with Gasteiger partial charge in [-0.15, -0.1) is 0 Å². The lowest BCUT2D eigenvalue weighted by atomic mass is 9.53. The molecule has 0 aliphatic carbocycles. The SMILES string of the molecule is CC(C)(C)C(C)(C)C(O)(CO)C(C)(C)C. The maximum atomic E-state index is 10.8. The second kappa shape index (κ2) is 3.74. The molecular formula is C13H28O2. The van der Waals surface area contributed by atoms with E-state index in [9.17, 15) is 10.2 Å². The second-order valence-corrected chi connectivity index (χ2v) is 7.14. The Kier molecular flexibility index (Phi) is 3.72. The molecule has 15 heavy (non-hydrogen) atoms. The van der Waals surface area contributed by atoms with E-state index in [4.69, 9.17) is 0 Å². The van der Waals surface area contributed by atoms with Crippen LogP contribution in [0.15, 0.2) is 0 Å². The number of hydrogen-bond donors (Lipinski definition) is 2. The first-order chi connectivity index (χ1) is 6.31. The minimum atomic E-state index is -1.09. The van der Waals surface area contributed by atoms with Crippen molar-refractivity contribution in [3.8, 4) is 0 Å². The molecule has 0 aromatic carbocycles. The number of aliphatic hydroxyl groups excluding tert-OH is 1. The van der Waals surface area contributed by atoms with E-state index in [2.05, 4.69) is 20.8 Å². The van der Waals surface area contributed by atoms with E-state index in [1.54, 1.807) is 0 Å². The molecule has 0 fully saturated rings. The Balaban J connectivity index is 5.50. The van der Waals surface area contributed by atoms with Gasteiger partial charge < -0.3 is 10.2 Å². The highest BCUT2D eigenvalue weighted by Gasteiger charge is 2.56. The highest BCUT2D eigenvalue weighted by molar-refractivity contribution is 5.05. The van der Waals surface area contributed by atoms with Crippen LogP contribution in [0.2, 0.25) is 0 Å². The molecule has 0 rings (SSSR count). The van der Waals surface area contributed by atoms with Crippen molar-refractivity contribution in [2.75, 3.05) is 6.61 Å². The van der Waals surface area contributed by atoms with Crippen molar-refractivity contribution in [2.24, 2.45) is 16.2 Å². The first-order valence-electron chi connectivity index (χ1n) is 5.64. The van der Waals surface area contributed by atoms with E-state index < -0.39 is 5.60 Å².